The topological polar surface area (TPSA) is 43.8 Å². The second-order valence-corrected chi connectivity index (χ2v) is 5.15. The molecule has 0 radical (unpaired) electrons. The van der Waals surface area contributed by atoms with Crippen molar-refractivity contribution < 1.29 is 9.90 Å². The first-order valence-corrected chi connectivity index (χ1v) is 6.81. The van der Waals surface area contributed by atoms with Crippen molar-refractivity contribution in [2.24, 2.45) is 0 Å². The van der Waals surface area contributed by atoms with Crippen LogP contribution in [0.2, 0.25) is 0 Å². The van der Waals surface area contributed by atoms with E-state index < -0.39 is 6.04 Å². The molecule has 1 N–H and O–H groups in total. The molecule has 1 fully saturated rings. The Kier molecular flexibility index (Phi) is 4.56. The van der Waals surface area contributed by atoms with Crippen molar-refractivity contribution in [3.63, 3.8) is 0 Å². The fraction of sp³-hybridized carbons (Fsp3) is 0.533. The standard InChI is InChI=1S/C15H22N2O2/c1-12(13-7-4-3-5-8-13)17-10-6-9-16(2)14(11-18)15(17)19/h3-5,7-8,12,14,18H,6,9-11H2,1-2H3. The molecule has 2 unspecified atom stereocenters. The molecule has 0 bridgehead atoms. The molecule has 1 aromatic carbocycles. The molecule has 1 aromatic rings. The third-order valence-corrected chi connectivity index (χ3v) is 3.93. The van der Waals surface area contributed by atoms with E-state index in [1.54, 1.807) is 0 Å². The van der Waals surface area contributed by atoms with Crippen molar-refractivity contribution in [3.05, 3.63) is 35.9 Å². The van der Waals surface area contributed by atoms with E-state index >= 15 is 0 Å². The fourth-order valence-corrected chi connectivity index (χ4v) is 2.65. The van der Waals surface area contributed by atoms with Crippen LogP contribution in [0, 0.1) is 0 Å². The second-order valence-electron chi connectivity index (χ2n) is 5.15. The van der Waals surface area contributed by atoms with Crippen molar-refractivity contribution in [1.82, 2.24) is 9.80 Å². The molecule has 1 saturated heterocycles. The smallest absolute Gasteiger partial charge is 0.242 e. The zero-order valence-corrected chi connectivity index (χ0v) is 11.6. The van der Waals surface area contributed by atoms with E-state index in [-0.39, 0.29) is 18.6 Å². The molecule has 0 spiro atoms. The number of benzene rings is 1. The summed E-state index contributed by atoms with van der Waals surface area (Å²) < 4.78 is 0. The van der Waals surface area contributed by atoms with Crippen LogP contribution in [-0.4, -0.2) is 53.6 Å². The summed E-state index contributed by atoms with van der Waals surface area (Å²) in [5.74, 6) is 0.0267. The molecule has 4 heteroatoms. The Bertz CT molecular complexity index is 421. The van der Waals surface area contributed by atoms with Gasteiger partial charge in [-0.15, -0.1) is 0 Å². The monoisotopic (exact) mass is 262 g/mol. The van der Waals surface area contributed by atoms with E-state index in [1.165, 1.54) is 0 Å². The molecule has 1 aliphatic rings. The van der Waals surface area contributed by atoms with Gasteiger partial charge in [-0.25, -0.2) is 0 Å². The molecule has 0 aromatic heterocycles. The van der Waals surface area contributed by atoms with Crippen molar-refractivity contribution >= 4 is 5.91 Å². The molecule has 2 rings (SSSR count). The lowest BCUT2D eigenvalue weighted by Crippen LogP contribution is -2.47. The van der Waals surface area contributed by atoms with Gasteiger partial charge in [0, 0.05) is 13.1 Å². The van der Waals surface area contributed by atoms with Crippen LogP contribution in [0.25, 0.3) is 0 Å². The number of aliphatic hydroxyl groups excluding tert-OH is 1. The highest BCUT2D eigenvalue weighted by Crippen LogP contribution is 2.23. The van der Waals surface area contributed by atoms with E-state index in [2.05, 4.69) is 0 Å². The Morgan fingerprint density at radius 2 is 2.00 bits per heavy atom. The molecule has 1 amide bonds. The summed E-state index contributed by atoms with van der Waals surface area (Å²) in [5, 5.41) is 9.44. The maximum Gasteiger partial charge on any atom is 0.242 e. The first-order chi connectivity index (χ1) is 9.15. The van der Waals surface area contributed by atoms with Crippen LogP contribution in [0.1, 0.15) is 24.9 Å². The summed E-state index contributed by atoms with van der Waals surface area (Å²) >= 11 is 0. The number of carbonyl (C=O) groups excluding carboxylic acids is 1. The highest BCUT2D eigenvalue weighted by Gasteiger charge is 2.32. The van der Waals surface area contributed by atoms with Gasteiger partial charge < -0.3 is 10.0 Å². The molecule has 4 nitrogen and oxygen atoms in total. The average Bonchev–Trinajstić information content (AvgIpc) is 2.57. The number of amides is 1. The van der Waals surface area contributed by atoms with E-state index in [1.807, 2.05) is 54.1 Å². The van der Waals surface area contributed by atoms with Crippen molar-refractivity contribution in [2.45, 2.75) is 25.4 Å². The molecular weight excluding hydrogens is 240 g/mol. The number of rotatable bonds is 3. The second kappa shape index (κ2) is 6.17. The summed E-state index contributed by atoms with van der Waals surface area (Å²) in [4.78, 5) is 16.4. The Hall–Kier alpha value is -1.39. The largest absolute Gasteiger partial charge is 0.394 e. The summed E-state index contributed by atoms with van der Waals surface area (Å²) in [7, 11) is 1.90. The van der Waals surface area contributed by atoms with Gasteiger partial charge in [-0.05, 0) is 26.0 Å². The molecular formula is C15H22N2O2. The molecule has 0 aliphatic carbocycles. The fourth-order valence-electron chi connectivity index (χ4n) is 2.65. The van der Waals surface area contributed by atoms with Gasteiger partial charge in [0.25, 0.3) is 0 Å². The van der Waals surface area contributed by atoms with Gasteiger partial charge in [-0.3, -0.25) is 9.69 Å². The van der Waals surface area contributed by atoms with Crippen molar-refractivity contribution in [3.8, 4) is 0 Å². The molecule has 0 saturated carbocycles. The van der Waals surface area contributed by atoms with Crippen LogP contribution in [0.5, 0.6) is 0 Å². The first-order valence-electron chi connectivity index (χ1n) is 6.81. The van der Waals surface area contributed by atoms with E-state index in [0.717, 1.165) is 25.1 Å². The van der Waals surface area contributed by atoms with Crippen LogP contribution in [0.3, 0.4) is 0 Å². The number of aliphatic hydroxyl groups is 1. The summed E-state index contributed by atoms with van der Waals surface area (Å²) in [6, 6.07) is 9.68. The van der Waals surface area contributed by atoms with E-state index in [4.69, 9.17) is 0 Å². The van der Waals surface area contributed by atoms with Crippen molar-refractivity contribution in [1.29, 1.82) is 0 Å². The van der Waals surface area contributed by atoms with Crippen LogP contribution in [0.4, 0.5) is 0 Å². The van der Waals surface area contributed by atoms with Gasteiger partial charge in [0.05, 0.1) is 12.6 Å². The van der Waals surface area contributed by atoms with Crippen LogP contribution >= 0.6 is 0 Å². The highest BCUT2D eigenvalue weighted by atomic mass is 16.3. The van der Waals surface area contributed by atoms with E-state index in [9.17, 15) is 9.90 Å². The highest BCUT2D eigenvalue weighted by molar-refractivity contribution is 5.82. The van der Waals surface area contributed by atoms with E-state index in [0.29, 0.717) is 0 Å². The Labute approximate surface area is 114 Å². The zero-order valence-electron chi connectivity index (χ0n) is 11.6. The van der Waals surface area contributed by atoms with Gasteiger partial charge in [-0.1, -0.05) is 30.3 Å². The van der Waals surface area contributed by atoms with Crippen LogP contribution in [-0.2, 0) is 4.79 Å². The number of hydrogen-bond donors (Lipinski definition) is 1. The minimum atomic E-state index is -0.409. The van der Waals surface area contributed by atoms with Crippen molar-refractivity contribution in [2.75, 3.05) is 26.7 Å². The van der Waals surface area contributed by atoms with Gasteiger partial charge in [0.2, 0.25) is 5.91 Å². The van der Waals surface area contributed by atoms with Crippen LogP contribution in [0.15, 0.2) is 30.3 Å². The third kappa shape index (κ3) is 2.96. The number of nitrogens with zero attached hydrogens (tertiary/aromatic N) is 2. The SMILES string of the molecule is CC(c1ccccc1)N1CCCN(C)C(CO)C1=O. The van der Waals surface area contributed by atoms with Gasteiger partial charge >= 0.3 is 0 Å². The summed E-state index contributed by atoms with van der Waals surface area (Å²) in [5.41, 5.74) is 1.14. The predicted octanol–water partition coefficient (Wildman–Crippen LogP) is 1.27. The minimum absolute atomic E-state index is 0.0267. The molecule has 19 heavy (non-hydrogen) atoms. The Morgan fingerprint density at radius 3 is 2.63 bits per heavy atom. The van der Waals surface area contributed by atoms with Gasteiger partial charge in [0.15, 0.2) is 0 Å². The lowest BCUT2D eigenvalue weighted by atomic mass is 10.1. The normalized spacial score (nSPS) is 23.2. The average molecular weight is 262 g/mol. The molecule has 2 atom stereocenters. The summed E-state index contributed by atoms with van der Waals surface area (Å²) in [6.07, 6.45) is 0.940. The number of carbonyl (C=O) groups is 1. The quantitative estimate of drug-likeness (QED) is 0.892. The zero-order chi connectivity index (χ0) is 13.8. The third-order valence-electron chi connectivity index (χ3n) is 3.93. The van der Waals surface area contributed by atoms with Gasteiger partial charge in [0.1, 0.15) is 6.04 Å². The lowest BCUT2D eigenvalue weighted by Gasteiger charge is -2.31. The molecule has 104 valence electrons. The lowest BCUT2D eigenvalue weighted by molar-refractivity contribution is -0.138. The summed E-state index contributed by atoms with van der Waals surface area (Å²) in [6.45, 7) is 3.52. The minimum Gasteiger partial charge on any atom is -0.394 e. The maximum atomic E-state index is 12.5. The predicted molar refractivity (Wildman–Crippen MR) is 74.7 cm³/mol. The number of likely N-dealkylation sites (N-methyl/N-ethyl adjacent to an activating group) is 1. The number of hydrogen-bond acceptors (Lipinski definition) is 3. The van der Waals surface area contributed by atoms with Gasteiger partial charge in [-0.2, -0.15) is 0 Å². The molecule has 1 aliphatic heterocycles. The first kappa shape index (κ1) is 14.0. The maximum absolute atomic E-state index is 12.5. The Balaban J connectivity index is 2.21. The molecule has 1 heterocycles. The van der Waals surface area contributed by atoms with Crippen LogP contribution < -0.4 is 0 Å². The Morgan fingerprint density at radius 1 is 1.32 bits per heavy atom.